The van der Waals surface area contributed by atoms with E-state index in [0.717, 1.165) is 25.7 Å². The van der Waals surface area contributed by atoms with Crippen molar-refractivity contribution in [3.63, 3.8) is 0 Å². The number of nitrogens with zero attached hydrogens (tertiary/aromatic N) is 1. The number of hydrogen-bond donors (Lipinski definition) is 0. The van der Waals surface area contributed by atoms with Gasteiger partial charge in [0, 0.05) is 18.0 Å². The number of carbonyl (C=O) groups is 2. The molecule has 6 heteroatoms. The smallest absolute Gasteiger partial charge is 0.343 e. The Kier molecular flexibility index (Phi) is 8.72. The lowest BCUT2D eigenvalue weighted by atomic mass is 10.2. The van der Waals surface area contributed by atoms with Crippen LogP contribution in [0.15, 0.2) is 60.9 Å². The molecule has 1 heterocycles. The third-order valence-electron chi connectivity index (χ3n) is 3.84. The van der Waals surface area contributed by atoms with E-state index in [1.54, 1.807) is 55.7 Å². The van der Waals surface area contributed by atoms with Gasteiger partial charge >= 0.3 is 11.9 Å². The van der Waals surface area contributed by atoms with E-state index in [1.807, 2.05) is 0 Å². The highest BCUT2D eigenvalue weighted by atomic mass is 16.5. The van der Waals surface area contributed by atoms with Crippen molar-refractivity contribution in [3.05, 3.63) is 66.5 Å². The number of pyridine rings is 1. The molecular formula is C22H25NO5. The summed E-state index contributed by atoms with van der Waals surface area (Å²) in [5.41, 5.74) is 0.874. The van der Waals surface area contributed by atoms with Gasteiger partial charge < -0.3 is 14.2 Å². The molecule has 0 bridgehead atoms. The van der Waals surface area contributed by atoms with E-state index in [2.05, 4.69) is 11.6 Å². The Labute approximate surface area is 165 Å². The summed E-state index contributed by atoms with van der Waals surface area (Å²) in [4.78, 5) is 27.2. The number of ether oxygens (including phenoxy) is 3. The minimum Gasteiger partial charge on any atom is -0.494 e. The highest BCUT2D eigenvalue weighted by Gasteiger charge is 2.08. The molecule has 0 atom stereocenters. The standard InChI is InChI=1S/C22H25NO5/c1-17(2)21(24)27-16-6-4-3-5-15-26-19-9-7-18(8-10-19)22(25)28-20-11-13-23-14-12-20/h7-14H,1,3-6,15-16H2,2H3. The lowest BCUT2D eigenvalue weighted by Crippen LogP contribution is -2.08. The van der Waals surface area contributed by atoms with Crippen LogP contribution in [0, 0.1) is 0 Å². The average molecular weight is 383 g/mol. The maximum absolute atomic E-state index is 12.1. The van der Waals surface area contributed by atoms with Crippen molar-refractivity contribution < 1.29 is 23.8 Å². The van der Waals surface area contributed by atoms with Gasteiger partial charge in [-0.25, -0.2) is 9.59 Å². The Morgan fingerprint density at radius 3 is 2.18 bits per heavy atom. The molecule has 0 saturated heterocycles. The van der Waals surface area contributed by atoms with Crippen LogP contribution in [-0.4, -0.2) is 30.1 Å². The molecule has 1 aromatic carbocycles. The first kappa shape index (κ1) is 21.2. The lowest BCUT2D eigenvalue weighted by Gasteiger charge is -2.08. The molecule has 2 aromatic rings. The van der Waals surface area contributed by atoms with Gasteiger partial charge in [-0.1, -0.05) is 6.58 Å². The highest BCUT2D eigenvalue weighted by molar-refractivity contribution is 5.91. The Morgan fingerprint density at radius 2 is 1.54 bits per heavy atom. The molecule has 0 spiro atoms. The second-order valence-electron chi connectivity index (χ2n) is 6.28. The highest BCUT2D eigenvalue weighted by Crippen LogP contribution is 2.15. The predicted octanol–water partition coefficient (Wildman–Crippen LogP) is 4.36. The Hall–Kier alpha value is -3.15. The number of benzene rings is 1. The number of carbonyl (C=O) groups excluding carboxylic acids is 2. The second-order valence-corrected chi connectivity index (χ2v) is 6.28. The molecule has 6 nitrogen and oxygen atoms in total. The molecule has 0 unspecified atom stereocenters. The van der Waals surface area contributed by atoms with Gasteiger partial charge in [0.05, 0.1) is 18.8 Å². The van der Waals surface area contributed by atoms with Crippen molar-refractivity contribution in [1.29, 1.82) is 0 Å². The predicted molar refractivity (Wildman–Crippen MR) is 105 cm³/mol. The van der Waals surface area contributed by atoms with E-state index >= 15 is 0 Å². The minimum absolute atomic E-state index is 0.337. The van der Waals surface area contributed by atoms with Gasteiger partial charge in [-0.05, 0) is 69.0 Å². The number of unbranched alkanes of at least 4 members (excludes halogenated alkanes) is 3. The molecule has 0 fully saturated rings. The molecule has 148 valence electrons. The Bertz CT molecular complexity index is 771. The maximum Gasteiger partial charge on any atom is 0.343 e. The molecule has 0 saturated carbocycles. The molecule has 0 aliphatic rings. The normalized spacial score (nSPS) is 10.2. The summed E-state index contributed by atoms with van der Waals surface area (Å²) in [6.45, 7) is 6.18. The maximum atomic E-state index is 12.1. The van der Waals surface area contributed by atoms with Crippen LogP contribution in [0.1, 0.15) is 43.0 Å². The third-order valence-corrected chi connectivity index (χ3v) is 3.84. The molecule has 2 rings (SSSR count). The van der Waals surface area contributed by atoms with Gasteiger partial charge in [-0.2, -0.15) is 0 Å². The average Bonchev–Trinajstić information content (AvgIpc) is 2.70. The van der Waals surface area contributed by atoms with Crippen molar-refractivity contribution >= 4 is 11.9 Å². The van der Waals surface area contributed by atoms with Crippen molar-refractivity contribution in [2.24, 2.45) is 0 Å². The van der Waals surface area contributed by atoms with Gasteiger partial charge in [0.2, 0.25) is 0 Å². The van der Waals surface area contributed by atoms with E-state index < -0.39 is 5.97 Å². The Morgan fingerprint density at radius 1 is 0.893 bits per heavy atom. The lowest BCUT2D eigenvalue weighted by molar-refractivity contribution is -0.139. The molecule has 0 N–H and O–H groups in total. The monoisotopic (exact) mass is 383 g/mol. The number of hydrogen-bond acceptors (Lipinski definition) is 6. The zero-order valence-corrected chi connectivity index (χ0v) is 16.1. The summed E-state index contributed by atoms with van der Waals surface area (Å²) in [5.74, 6) is 0.395. The van der Waals surface area contributed by atoms with E-state index in [1.165, 1.54) is 0 Å². The number of rotatable bonds is 11. The fourth-order valence-corrected chi connectivity index (χ4v) is 2.30. The first-order valence-corrected chi connectivity index (χ1v) is 9.24. The molecule has 28 heavy (non-hydrogen) atoms. The molecule has 0 radical (unpaired) electrons. The van der Waals surface area contributed by atoms with Crippen LogP contribution in [0.25, 0.3) is 0 Å². The number of esters is 2. The summed E-state index contributed by atoms with van der Waals surface area (Å²) in [5, 5.41) is 0. The molecule has 1 aromatic heterocycles. The zero-order chi connectivity index (χ0) is 20.2. The number of aromatic nitrogens is 1. The van der Waals surface area contributed by atoms with E-state index in [0.29, 0.717) is 35.8 Å². The first-order valence-electron chi connectivity index (χ1n) is 9.24. The van der Waals surface area contributed by atoms with Gasteiger partial charge in [0.15, 0.2) is 0 Å². The van der Waals surface area contributed by atoms with E-state index in [4.69, 9.17) is 14.2 Å². The molecule has 0 aliphatic carbocycles. The minimum atomic E-state index is -0.426. The molecule has 0 aliphatic heterocycles. The van der Waals surface area contributed by atoms with Gasteiger partial charge in [-0.3, -0.25) is 4.98 Å². The van der Waals surface area contributed by atoms with E-state index in [9.17, 15) is 9.59 Å². The van der Waals surface area contributed by atoms with Crippen LogP contribution in [0.4, 0.5) is 0 Å². The van der Waals surface area contributed by atoms with Crippen molar-refractivity contribution in [1.82, 2.24) is 4.98 Å². The van der Waals surface area contributed by atoms with E-state index in [-0.39, 0.29) is 5.97 Å². The SMILES string of the molecule is C=C(C)C(=O)OCCCCCCOc1ccc(C(=O)Oc2ccncc2)cc1. The van der Waals surface area contributed by atoms with Crippen LogP contribution >= 0.6 is 0 Å². The fourth-order valence-electron chi connectivity index (χ4n) is 2.30. The Balaban J connectivity index is 1.60. The zero-order valence-electron chi connectivity index (χ0n) is 16.1. The summed E-state index contributed by atoms with van der Waals surface area (Å²) < 4.78 is 16.0. The first-order chi connectivity index (χ1) is 13.6. The fraction of sp³-hybridized carbons (Fsp3) is 0.318. The molecule has 0 amide bonds. The van der Waals surface area contributed by atoms with Crippen LogP contribution in [0.3, 0.4) is 0 Å². The van der Waals surface area contributed by atoms with Crippen LogP contribution < -0.4 is 9.47 Å². The van der Waals surface area contributed by atoms with Gasteiger partial charge in [-0.15, -0.1) is 0 Å². The van der Waals surface area contributed by atoms with Gasteiger partial charge in [0.1, 0.15) is 11.5 Å². The van der Waals surface area contributed by atoms with Crippen molar-refractivity contribution in [2.45, 2.75) is 32.6 Å². The second kappa shape index (κ2) is 11.5. The van der Waals surface area contributed by atoms with Crippen LogP contribution in [0.2, 0.25) is 0 Å². The summed E-state index contributed by atoms with van der Waals surface area (Å²) in [6.07, 6.45) is 6.81. The topological polar surface area (TPSA) is 74.7 Å². The van der Waals surface area contributed by atoms with Crippen molar-refractivity contribution in [2.75, 3.05) is 13.2 Å². The van der Waals surface area contributed by atoms with Crippen LogP contribution in [-0.2, 0) is 9.53 Å². The quantitative estimate of drug-likeness (QED) is 0.326. The summed E-state index contributed by atoms with van der Waals surface area (Å²) in [7, 11) is 0. The van der Waals surface area contributed by atoms with Gasteiger partial charge in [0.25, 0.3) is 0 Å². The van der Waals surface area contributed by atoms with Crippen molar-refractivity contribution in [3.8, 4) is 11.5 Å². The molecular weight excluding hydrogens is 358 g/mol. The third kappa shape index (κ3) is 7.61. The summed E-state index contributed by atoms with van der Waals surface area (Å²) in [6, 6.07) is 10.1. The summed E-state index contributed by atoms with van der Waals surface area (Å²) >= 11 is 0. The van der Waals surface area contributed by atoms with Crippen LogP contribution in [0.5, 0.6) is 11.5 Å². The largest absolute Gasteiger partial charge is 0.494 e.